The number of fused-ring (bicyclic) bond motifs is 1. The predicted octanol–water partition coefficient (Wildman–Crippen LogP) is 4.78. The Balaban J connectivity index is 1.97. The van der Waals surface area contributed by atoms with Gasteiger partial charge in [-0.1, -0.05) is 54.6 Å². The van der Waals surface area contributed by atoms with Gasteiger partial charge in [0.15, 0.2) is 6.23 Å². The number of aromatic nitrogens is 1. The van der Waals surface area contributed by atoms with Crippen molar-refractivity contribution in [2.75, 3.05) is 6.61 Å². The fourth-order valence-corrected chi connectivity index (χ4v) is 2.97. The second-order valence-corrected chi connectivity index (χ2v) is 5.30. The van der Waals surface area contributed by atoms with Gasteiger partial charge in [-0.05, 0) is 30.2 Å². The maximum absolute atomic E-state index is 5.97. The second-order valence-electron chi connectivity index (χ2n) is 5.30. The van der Waals surface area contributed by atoms with Crippen molar-refractivity contribution in [1.29, 1.82) is 0 Å². The molecule has 0 saturated carbocycles. The molecule has 2 heterocycles. The molecule has 0 unspecified atom stereocenters. The lowest BCUT2D eigenvalue weighted by Crippen LogP contribution is -2.15. The molecule has 21 heavy (non-hydrogen) atoms. The largest absolute Gasteiger partial charge is 0.354 e. The van der Waals surface area contributed by atoms with Crippen LogP contribution in [-0.4, -0.2) is 11.2 Å². The quantitative estimate of drug-likeness (QED) is 0.614. The first kappa shape index (κ1) is 12.4. The summed E-state index contributed by atoms with van der Waals surface area (Å²) >= 11 is 0. The van der Waals surface area contributed by atoms with Crippen molar-refractivity contribution < 1.29 is 4.74 Å². The lowest BCUT2D eigenvalue weighted by Gasteiger charge is -2.23. The predicted molar refractivity (Wildman–Crippen MR) is 86.1 cm³/mol. The first-order valence-corrected chi connectivity index (χ1v) is 7.37. The molecule has 0 bridgehead atoms. The highest BCUT2D eigenvalue weighted by molar-refractivity contribution is 5.87. The molecule has 1 aliphatic rings. The molecule has 0 aliphatic carbocycles. The Morgan fingerprint density at radius 3 is 2.57 bits per heavy atom. The smallest absolute Gasteiger partial charge is 0.153 e. The third-order valence-corrected chi connectivity index (χ3v) is 3.95. The van der Waals surface area contributed by atoms with E-state index in [1.54, 1.807) is 0 Å². The number of para-hydroxylation sites is 1. The van der Waals surface area contributed by atoms with Crippen molar-refractivity contribution in [3.05, 3.63) is 72.8 Å². The first-order valence-electron chi connectivity index (χ1n) is 7.37. The summed E-state index contributed by atoms with van der Waals surface area (Å²) in [7, 11) is 0. The minimum atomic E-state index is -0.0196. The Hall–Kier alpha value is -2.32. The van der Waals surface area contributed by atoms with E-state index < -0.39 is 0 Å². The molecular weight excluding hydrogens is 258 g/mol. The van der Waals surface area contributed by atoms with Gasteiger partial charge >= 0.3 is 0 Å². The van der Waals surface area contributed by atoms with E-state index in [9.17, 15) is 0 Å². The van der Waals surface area contributed by atoms with E-state index in [0.717, 1.165) is 13.0 Å². The van der Waals surface area contributed by atoms with E-state index in [4.69, 9.17) is 4.74 Å². The van der Waals surface area contributed by atoms with Crippen LogP contribution < -0.4 is 0 Å². The summed E-state index contributed by atoms with van der Waals surface area (Å²) in [6.07, 6.45) is 5.34. The minimum Gasteiger partial charge on any atom is -0.354 e. The van der Waals surface area contributed by atoms with Gasteiger partial charge in [-0.2, -0.15) is 0 Å². The zero-order valence-electron chi connectivity index (χ0n) is 11.8. The van der Waals surface area contributed by atoms with Crippen molar-refractivity contribution in [1.82, 2.24) is 4.57 Å². The summed E-state index contributed by atoms with van der Waals surface area (Å²) in [5, 5.41) is 1.25. The molecule has 0 saturated heterocycles. The zero-order valence-corrected chi connectivity index (χ0v) is 11.8. The molecule has 1 atom stereocenters. The van der Waals surface area contributed by atoms with Gasteiger partial charge in [-0.15, -0.1) is 0 Å². The van der Waals surface area contributed by atoms with Crippen LogP contribution in [0.1, 0.15) is 12.6 Å². The molecule has 2 aromatic carbocycles. The molecule has 104 valence electrons. The monoisotopic (exact) mass is 275 g/mol. The molecule has 1 aliphatic heterocycles. The molecule has 0 radical (unpaired) electrons. The van der Waals surface area contributed by atoms with Crippen LogP contribution in [0.5, 0.6) is 0 Å². The average Bonchev–Trinajstić information content (AvgIpc) is 2.96. The van der Waals surface area contributed by atoms with E-state index in [1.165, 1.54) is 22.2 Å². The normalized spacial score (nSPS) is 18.2. The number of nitrogens with zero attached hydrogens (tertiary/aromatic N) is 1. The Morgan fingerprint density at radius 2 is 1.76 bits per heavy atom. The molecule has 1 aromatic heterocycles. The van der Waals surface area contributed by atoms with Crippen LogP contribution in [0.2, 0.25) is 0 Å². The molecule has 0 fully saturated rings. The van der Waals surface area contributed by atoms with Crippen LogP contribution in [-0.2, 0) is 4.74 Å². The van der Waals surface area contributed by atoms with Gasteiger partial charge in [0.2, 0.25) is 0 Å². The third kappa shape index (κ3) is 2.18. The van der Waals surface area contributed by atoms with E-state index in [0.29, 0.717) is 0 Å². The Kier molecular flexibility index (Phi) is 3.09. The van der Waals surface area contributed by atoms with Gasteiger partial charge < -0.3 is 9.30 Å². The molecule has 4 rings (SSSR count). The summed E-state index contributed by atoms with van der Waals surface area (Å²) < 4.78 is 8.26. The van der Waals surface area contributed by atoms with Gasteiger partial charge in [0.05, 0.1) is 17.8 Å². The second kappa shape index (κ2) is 5.23. The van der Waals surface area contributed by atoms with E-state index in [1.807, 2.05) is 6.07 Å². The molecule has 2 heteroatoms. The number of rotatable bonds is 2. The van der Waals surface area contributed by atoms with Crippen molar-refractivity contribution >= 4 is 10.9 Å². The highest BCUT2D eigenvalue weighted by Crippen LogP contribution is 2.33. The maximum atomic E-state index is 5.97. The van der Waals surface area contributed by atoms with Crippen molar-refractivity contribution in [3.8, 4) is 11.3 Å². The fraction of sp³-hybridized carbons (Fsp3) is 0.158. The fourth-order valence-electron chi connectivity index (χ4n) is 2.97. The van der Waals surface area contributed by atoms with E-state index >= 15 is 0 Å². The summed E-state index contributed by atoms with van der Waals surface area (Å²) in [6.45, 7) is 0.780. The molecule has 2 nitrogen and oxygen atoms in total. The number of benzene rings is 2. The van der Waals surface area contributed by atoms with Gasteiger partial charge in [-0.25, -0.2) is 0 Å². The van der Waals surface area contributed by atoms with Crippen molar-refractivity contribution in [2.24, 2.45) is 0 Å². The topological polar surface area (TPSA) is 14.2 Å². The van der Waals surface area contributed by atoms with Crippen LogP contribution >= 0.6 is 0 Å². The van der Waals surface area contributed by atoms with Crippen LogP contribution in [0.3, 0.4) is 0 Å². The number of hydrogen-bond acceptors (Lipinski definition) is 1. The molecule has 0 N–H and O–H groups in total. The van der Waals surface area contributed by atoms with Crippen LogP contribution in [0.15, 0.2) is 72.8 Å². The highest BCUT2D eigenvalue weighted by Gasteiger charge is 2.18. The molecule has 0 spiro atoms. The van der Waals surface area contributed by atoms with Crippen LogP contribution in [0, 0.1) is 0 Å². The summed E-state index contributed by atoms with van der Waals surface area (Å²) in [6, 6.07) is 21.2. The van der Waals surface area contributed by atoms with Gasteiger partial charge in [0.1, 0.15) is 0 Å². The molecule has 3 aromatic rings. The van der Waals surface area contributed by atoms with Crippen molar-refractivity contribution in [3.63, 3.8) is 0 Å². The SMILES string of the molecule is C1=C[C@@H](n2c(-c3ccccc3)cc3ccccc32)OCC1. The lowest BCUT2D eigenvalue weighted by atomic mass is 10.1. The number of ether oxygens (including phenoxy) is 1. The Bertz CT molecular complexity index is 786. The number of hydrogen-bond donors (Lipinski definition) is 0. The zero-order chi connectivity index (χ0) is 14.1. The third-order valence-electron chi connectivity index (χ3n) is 3.95. The van der Waals surface area contributed by atoms with E-state index in [-0.39, 0.29) is 6.23 Å². The van der Waals surface area contributed by atoms with Crippen LogP contribution in [0.4, 0.5) is 0 Å². The van der Waals surface area contributed by atoms with Crippen molar-refractivity contribution in [2.45, 2.75) is 12.6 Å². The summed E-state index contributed by atoms with van der Waals surface area (Å²) in [5.74, 6) is 0. The highest BCUT2D eigenvalue weighted by atomic mass is 16.5. The average molecular weight is 275 g/mol. The lowest BCUT2D eigenvalue weighted by molar-refractivity contribution is 0.0362. The van der Waals surface area contributed by atoms with Gasteiger partial charge in [-0.3, -0.25) is 0 Å². The summed E-state index contributed by atoms with van der Waals surface area (Å²) in [4.78, 5) is 0. The summed E-state index contributed by atoms with van der Waals surface area (Å²) in [5.41, 5.74) is 3.64. The Labute approximate surface area is 124 Å². The maximum Gasteiger partial charge on any atom is 0.153 e. The van der Waals surface area contributed by atoms with E-state index in [2.05, 4.69) is 71.3 Å². The minimum absolute atomic E-state index is 0.0196. The molecular formula is C19H17NO. The van der Waals surface area contributed by atoms with Gasteiger partial charge in [0.25, 0.3) is 0 Å². The molecule has 0 amide bonds. The first-order chi connectivity index (χ1) is 10.4. The van der Waals surface area contributed by atoms with Crippen LogP contribution in [0.25, 0.3) is 22.2 Å². The standard InChI is InChI=1S/C19H17NO/c1-2-8-15(9-3-1)18-14-16-10-4-5-11-17(16)20(18)19-12-6-7-13-21-19/h1-6,8-12,14,19H,7,13H2/t19-/m0/s1. The Morgan fingerprint density at radius 1 is 0.952 bits per heavy atom. The van der Waals surface area contributed by atoms with Gasteiger partial charge in [0, 0.05) is 5.39 Å².